The topological polar surface area (TPSA) is 21.3 Å². The summed E-state index contributed by atoms with van der Waals surface area (Å²) >= 11 is 0. The van der Waals surface area contributed by atoms with Gasteiger partial charge in [0.05, 0.1) is 7.11 Å². The molecule has 1 aliphatic rings. The van der Waals surface area contributed by atoms with E-state index in [1.165, 1.54) is 7.11 Å². The van der Waals surface area contributed by atoms with Crippen molar-refractivity contribution in [1.29, 1.82) is 0 Å². The number of piperidine rings is 1. The molecule has 94 valence electrons. The highest BCUT2D eigenvalue weighted by Gasteiger charge is 2.25. The first-order valence-corrected chi connectivity index (χ1v) is 5.60. The van der Waals surface area contributed by atoms with Crippen LogP contribution >= 0.6 is 0 Å². The van der Waals surface area contributed by atoms with E-state index in [1.807, 2.05) is 0 Å². The molecule has 1 unspecified atom stereocenters. The number of ether oxygens (including phenoxy) is 1. The lowest BCUT2D eigenvalue weighted by Crippen LogP contribution is -2.27. The summed E-state index contributed by atoms with van der Waals surface area (Å²) in [5.41, 5.74) is 0.351. The highest BCUT2D eigenvalue weighted by atomic mass is 19.2. The highest BCUT2D eigenvalue weighted by Crippen LogP contribution is 2.34. The van der Waals surface area contributed by atoms with Gasteiger partial charge in [0.15, 0.2) is 17.4 Å². The van der Waals surface area contributed by atoms with Gasteiger partial charge in [0.25, 0.3) is 0 Å². The molecule has 0 aromatic heterocycles. The van der Waals surface area contributed by atoms with Crippen LogP contribution in [0.3, 0.4) is 0 Å². The zero-order valence-electron chi connectivity index (χ0n) is 9.53. The number of benzene rings is 1. The number of nitrogens with one attached hydrogen (secondary N) is 1. The van der Waals surface area contributed by atoms with Crippen LogP contribution in [0.15, 0.2) is 6.07 Å². The molecule has 1 saturated heterocycles. The Bertz CT molecular complexity index is 417. The van der Waals surface area contributed by atoms with E-state index in [0.29, 0.717) is 5.56 Å². The Hall–Kier alpha value is -1.23. The molecule has 1 aromatic rings. The van der Waals surface area contributed by atoms with Crippen molar-refractivity contribution in [2.24, 2.45) is 0 Å². The molecule has 0 saturated carbocycles. The predicted molar refractivity (Wildman–Crippen MR) is 57.5 cm³/mol. The Balaban J connectivity index is 2.44. The van der Waals surface area contributed by atoms with Crippen molar-refractivity contribution in [3.63, 3.8) is 0 Å². The zero-order chi connectivity index (χ0) is 12.4. The summed E-state index contributed by atoms with van der Waals surface area (Å²) in [5.74, 6) is -4.12. The van der Waals surface area contributed by atoms with Crippen LogP contribution in [-0.4, -0.2) is 13.7 Å². The number of methoxy groups -OCH3 is 1. The third kappa shape index (κ3) is 2.24. The van der Waals surface area contributed by atoms with Crippen LogP contribution in [0.25, 0.3) is 0 Å². The second-order valence-electron chi connectivity index (χ2n) is 4.11. The zero-order valence-corrected chi connectivity index (χ0v) is 9.53. The first-order valence-electron chi connectivity index (χ1n) is 5.60. The second-order valence-corrected chi connectivity index (χ2v) is 4.11. The molecule has 17 heavy (non-hydrogen) atoms. The number of rotatable bonds is 2. The smallest absolute Gasteiger partial charge is 0.204 e. The van der Waals surface area contributed by atoms with Crippen molar-refractivity contribution in [2.75, 3.05) is 13.7 Å². The van der Waals surface area contributed by atoms with Gasteiger partial charge in [0.2, 0.25) is 5.82 Å². The standard InChI is InChI=1S/C12H14F3NO/c1-17-12-7(9-4-2-3-5-16-9)6-8(13)10(14)11(12)15/h6,9,16H,2-5H2,1H3. The van der Waals surface area contributed by atoms with Gasteiger partial charge in [-0.1, -0.05) is 6.42 Å². The lowest BCUT2D eigenvalue weighted by molar-refractivity contribution is 0.336. The van der Waals surface area contributed by atoms with E-state index in [2.05, 4.69) is 5.32 Å². The monoisotopic (exact) mass is 245 g/mol. The van der Waals surface area contributed by atoms with Gasteiger partial charge in [-0.2, -0.15) is 4.39 Å². The fourth-order valence-corrected chi connectivity index (χ4v) is 2.18. The lowest BCUT2D eigenvalue weighted by atomic mass is 9.96. The van der Waals surface area contributed by atoms with Crippen LogP contribution in [0, 0.1) is 17.5 Å². The van der Waals surface area contributed by atoms with E-state index in [-0.39, 0.29) is 11.8 Å². The summed E-state index contributed by atoms with van der Waals surface area (Å²) in [6, 6.07) is 0.837. The Morgan fingerprint density at radius 3 is 2.59 bits per heavy atom. The summed E-state index contributed by atoms with van der Waals surface area (Å²) in [7, 11) is 1.25. The van der Waals surface area contributed by atoms with E-state index in [0.717, 1.165) is 31.9 Å². The molecule has 1 N–H and O–H groups in total. The maximum atomic E-state index is 13.5. The maximum Gasteiger partial charge on any atom is 0.204 e. The third-order valence-corrected chi connectivity index (χ3v) is 3.04. The van der Waals surface area contributed by atoms with Gasteiger partial charge in [-0.25, -0.2) is 8.78 Å². The molecule has 1 fully saturated rings. The first-order chi connectivity index (χ1) is 8.15. The number of halogens is 3. The van der Waals surface area contributed by atoms with Crippen LogP contribution in [0.4, 0.5) is 13.2 Å². The van der Waals surface area contributed by atoms with Gasteiger partial charge in [-0.15, -0.1) is 0 Å². The van der Waals surface area contributed by atoms with Crippen LogP contribution in [0.2, 0.25) is 0 Å². The molecule has 0 bridgehead atoms. The van der Waals surface area contributed by atoms with E-state index < -0.39 is 17.5 Å². The van der Waals surface area contributed by atoms with Crippen LogP contribution in [-0.2, 0) is 0 Å². The number of hydrogen-bond donors (Lipinski definition) is 1. The maximum absolute atomic E-state index is 13.5. The molecule has 1 atom stereocenters. The molecular formula is C12H14F3NO. The van der Waals surface area contributed by atoms with Crippen LogP contribution in [0.5, 0.6) is 5.75 Å². The average molecular weight is 245 g/mol. The summed E-state index contributed by atoms with van der Waals surface area (Å²) in [4.78, 5) is 0. The highest BCUT2D eigenvalue weighted by molar-refractivity contribution is 5.39. The predicted octanol–water partition coefficient (Wildman–Crippen LogP) is 2.93. The second kappa shape index (κ2) is 4.96. The fourth-order valence-electron chi connectivity index (χ4n) is 2.18. The number of hydrogen-bond acceptors (Lipinski definition) is 2. The molecule has 1 aliphatic heterocycles. The van der Waals surface area contributed by atoms with Gasteiger partial charge in [-0.05, 0) is 25.5 Å². The Labute approximate surface area is 97.8 Å². The van der Waals surface area contributed by atoms with Gasteiger partial charge in [0, 0.05) is 11.6 Å². The van der Waals surface area contributed by atoms with Gasteiger partial charge >= 0.3 is 0 Å². The van der Waals surface area contributed by atoms with E-state index in [9.17, 15) is 13.2 Å². The van der Waals surface area contributed by atoms with Crippen molar-refractivity contribution in [3.05, 3.63) is 29.1 Å². The first kappa shape index (κ1) is 12.2. The Morgan fingerprint density at radius 1 is 1.24 bits per heavy atom. The van der Waals surface area contributed by atoms with Gasteiger partial charge in [0.1, 0.15) is 0 Å². The van der Waals surface area contributed by atoms with Crippen LogP contribution < -0.4 is 10.1 Å². The summed E-state index contributed by atoms with van der Waals surface area (Å²) in [6.45, 7) is 0.786. The lowest BCUT2D eigenvalue weighted by Gasteiger charge is -2.25. The Kier molecular flexibility index (Phi) is 3.57. The minimum absolute atomic E-state index is 0.178. The fraction of sp³-hybridized carbons (Fsp3) is 0.500. The molecule has 0 spiro atoms. The van der Waals surface area contributed by atoms with Gasteiger partial charge < -0.3 is 10.1 Å². The molecule has 2 rings (SSSR count). The molecule has 5 heteroatoms. The SMILES string of the molecule is COc1c(C2CCCCN2)cc(F)c(F)c1F. The van der Waals surface area contributed by atoms with E-state index >= 15 is 0 Å². The van der Waals surface area contributed by atoms with Crippen molar-refractivity contribution in [1.82, 2.24) is 5.32 Å². The Morgan fingerprint density at radius 2 is 2.00 bits per heavy atom. The molecule has 1 aromatic carbocycles. The molecule has 0 radical (unpaired) electrons. The van der Waals surface area contributed by atoms with Crippen LogP contribution in [0.1, 0.15) is 30.9 Å². The molecular weight excluding hydrogens is 231 g/mol. The normalized spacial score (nSPS) is 20.4. The van der Waals surface area contributed by atoms with E-state index in [4.69, 9.17) is 4.74 Å². The quantitative estimate of drug-likeness (QED) is 0.809. The molecule has 0 amide bonds. The molecule has 0 aliphatic carbocycles. The van der Waals surface area contributed by atoms with Crippen molar-refractivity contribution >= 4 is 0 Å². The van der Waals surface area contributed by atoms with Crippen molar-refractivity contribution in [3.8, 4) is 5.75 Å². The summed E-state index contributed by atoms with van der Waals surface area (Å²) < 4.78 is 44.6. The molecule has 1 heterocycles. The summed E-state index contributed by atoms with van der Waals surface area (Å²) in [6.07, 6.45) is 2.77. The molecule has 2 nitrogen and oxygen atoms in total. The van der Waals surface area contributed by atoms with Crippen molar-refractivity contribution < 1.29 is 17.9 Å². The largest absolute Gasteiger partial charge is 0.493 e. The average Bonchev–Trinajstić information content (AvgIpc) is 2.36. The minimum atomic E-state index is -1.48. The third-order valence-electron chi connectivity index (χ3n) is 3.04. The van der Waals surface area contributed by atoms with Gasteiger partial charge in [-0.3, -0.25) is 0 Å². The summed E-state index contributed by atoms with van der Waals surface area (Å²) in [5, 5.41) is 3.15. The minimum Gasteiger partial charge on any atom is -0.493 e. The van der Waals surface area contributed by atoms with Crippen molar-refractivity contribution in [2.45, 2.75) is 25.3 Å². The van der Waals surface area contributed by atoms with E-state index in [1.54, 1.807) is 0 Å².